The van der Waals surface area contributed by atoms with Gasteiger partial charge in [0, 0.05) is 5.41 Å². The average Bonchev–Trinajstić information content (AvgIpc) is 2.72. The van der Waals surface area contributed by atoms with Crippen molar-refractivity contribution < 1.29 is 4.79 Å². The zero-order chi connectivity index (χ0) is 15.7. The average molecular weight is 412 g/mol. The normalized spacial score (nSPS) is 54.3. The monoisotopic (exact) mass is 412 g/mol. The van der Waals surface area contributed by atoms with E-state index in [0.29, 0.717) is 17.1 Å². The first kappa shape index (κ1) is 15.7. The third-order valence-corrected chi connectivity index (χ3v) is 9.12. The third kappa shape index (κ3) is 1.97. The smallest absolute Gasteiger partial charge is 0.151 e. The number of ketones is 1. The van der Waals surface area contributed by atoms with Gasteiger partial charge in [-0.15, -0.1) is 0 Å². The molecule has 2 heteroatoms. The highest BCUT2D eigenvalue weighted by Crippen LogP contribution is 2.64. The second-order valence-electron chi connectivity index (χ2n) is 9.13. The summed E-state index contributed by atoms with van der Waals surface area (Å²) in [6.07, 6.45) is 11.5. The van der Waals surface area contributed by atoms with E-state index < -0.39 is 0 Å². The van der Waals surface area contributed by atoms with Crippen molar-refractivity contribution in [1.82, 2.24) is 0 Å². The molecule has 4 aliphatic carbocycles. The molecule has 3 saturated carbocycles. The molecule has 1 nitrogen and oxygen atoms in total. The lowest BCUT2D eigenvalue weighted by Crippen LogP contribution is -2.50. The molecule has 0 aliphatic heterocycles. The highest BCUT2D eigenvalue weighted by Gasteiger charge is 2.60. The van der Waals surface area contributed by atoms with Crippen molar-refractivity contribution in [3.05, 3.63) is 11.6 Å². The van der Waals surface area contributed by atoms with Gasteiger partial charge in [-0.25, -0.2) is 0 Å². The summed E-state index contributed by atoms with van der Waals surface area (Å²) in [7, 11) is 0. The van der Waals surface area contributed by atoms with E-state index in [2.05, 4.69) is 49.4 Å². The van der Waals surface area contributed by atoms with Gasteiger partial charge in [-0.05, 0) is 74.0 Å². The molecule has 3 fully saturated rings. The second-order valence-corrected chi connectivity index (χ2v) is 10.6. The van der Waals surface area contributed by atoms with Crippen LogP contribution in [0.2, 0.25) is 0 Å². The predicted octanol–water partition coefficient (Wildman–Crippen LogP) is 5.57. The van der Waals surface area contributed by atoms with Crippen LogP contribution in [0.25, 0.3) is 0 Å². The standard InChI is InChI=1S/C20H29IO/c1-12-6-8-19(2)13(10-12)4-5-14-15(19)7-9-20(3)16(14)11-17(21)18(20)22/h4,12,14-17H,5-11H2,1-3H3/t12-,14+,15-,16-,17-,19-,20-/m0/s1. The van der Waals surface area contributed by atoms with Crippen molar-refractivity contribution in [3.8, 4) is 0 Å². The van der Waals surface area contributed by atoms with Crippen LogP contribution in [0.5, 0.6) is 0 Å². The molecule has 0 aromatic rings. The zero-order valence-corrected chi connectivity index (χ0v) is 16.4. The molecule has 122 valence electrons. The Balaban J connectivity index is 1.70. The number of allylic oxidation sites excluding steroid dienone is 2. The van der Waals surface area contributed by atoms with E-state index in [9.17, 15) is 4.79 Å². The van der Waals surface area contributed by atoms with Crippen molar-refractivity contribution in [2.75, 3.05) is 0 Å². The van der Waals surface area contributed by atoms with Crippen LogP contribution in [0.15, 0.2) is 11.6 Å². The van der Waals surface area contributed by atoms with Gasteiger partial charge in [0.1, 0.15) is 0 Å². The Morgan fingerprint density at radius 2 is 1.86 bits per heavy atom. The van der Waals surface area contributed by atoms with Crippen LogP contribution in [0, 0.1) is 34.5 Å². The highest BCUT2D eigenvalue weighted by molar-refractivity contribution is 14.1. The van der Waals surface area contributed by atoms with Crippen LogP contribution in [0.4, 0.5) is 0 Å². The quantitative estimate of drug-likeness (QED) is 0.289. The minimum absolute atomic E-state index is 0.00329. The van der Waals surface area contributed by atoms with Crippen molar-refractivity contribution in [3.63, 3.8) is 0 Å². The first-order chi connectivity index (χ1) is 10.4. The van der Waals surface area contributed by atoms with Crippen LogP contribution in [0.3, 0.4) is 0 Å². The van der Waals surface area contributed by atoms with E-state index in [-0.39, 0.29) is 9.34 Å². The van der Waals surface area contributed by atoms with Crippen molar-refractivity contribution in [2.24, 2.45) is 34.5 Å². The largest absolute Gasteiger partial charge is 0.298 e. The molecule has 0 heterocycles. The number of hydrogen-bond donors (Lipinski definition) is 0. The van der Waals surface area contributed by atoms with E-state index in [1.54, 1.807) is 5.57 Å². The van der Waals surface area contributed by atoms with Gasteiger partial charge in [-0.2, -0.15) is 0 Å². The van der Waals surface area contributed by atoms with Gasteiger partial charge in [-0.3, -0.25) is 4.79 Å². The van der Waals surface area contributed by atoms with E-state index >= 15 is 0 Å². The molecule has 7 atom stereocenters. The molecule has 22 heavy (non-hydrogen) atoms. The van der Waals surface area contributed by atoms with Gasteiger partial charge in [0.05, 0.1) is 3.92 Å². The van der Waals surface area contributed by atoms with Crippen molar-refractivity contribution in [2.45, 2.75) is 69.6 Å². The molecule has 0 N–H and O–H groups in total. The molecule has 0 spiro atoms. The molecule has 0 aromatic carbocycles. The van der Waals surface area contributed by atoms with Crippen LogP contribution >= 0.6 is 22.6 Å². The molecule has 0 bridgehead atoms. The number of carbonyl (C=O) groups is 1. The SMILES string of the molecule is C[C@H]1CC[C@@]2(C)C(=CC[C@@H]3[C@@H]2CC[C@]2(C)C(=O)[C@@H](I)C[C@@H]32)C1. The van der Waals surface area contributed by atoms with Gasteiger partial charge in [-0.1, -0.05) is 55.0 Å². The number of halogens is 1. The first-order valence-corrected chi connectivity index (χ1v) is 10.5. The Kier molecular flexibility index (Phi) is 3.61. The maximum absolute atomic E-state index is 12.7. The Bertz CT molecular complexity index is 538. The summed E-state index contributed by atoms with van der Waals surface area (Å²) in [5, 5.41) is 0. The summed E-state index contributed by atoms with van der Waals surface area (Å²) in [5.41, 5.74) is 2.21. The van der Waals surface area contributed by atoms with Gasteiger partial charge in [0.2, 0.25) is 0 Å². The third-order valence-electron chi connectivity index (χ3n) is 8.05. The van der Waals surface area contributed by atoms with E-state index in [4.69, 9.17) is 0 Å². The fourth-order valence-electron chi connectivity index (χ4n) is 6.59. The van der Waals surface area contributed by atoms with E-state index in [0.717, 1.165) is 30.6 Å². The summed E-state index contributed by atoms with van der Waals surface area (Å²) in [5.74, 6) is 3.69. The molecule has 4 rings (SSSR count). The van der Waals surface area contributed by atoms with Crippen molar-refractivity contribution in [1.29, 1.82) is 0 Å². The number of Topliss-reactive ketones (excluding diaryl/α,β-unsaturated/α-hetero) is 1. The van der Waals surface area contributed by atoms with Gasteiger partial charge in [0.25, 0.3) is 0 Å². The lowest BCUT2D eigenvalue weighted by atomic mass is 9.47. The maximum atomic E-state index is 12.7. The van der Waals surface area contributed by atoms with Crippen LogP contribution in [-0.4, -0.2) is 9.71 Å². The molecular formula is C20H29IO. The number of hydrogen-bond acceptors (Lipinski definition) is 1. The van der Waals surface area contributed by atoms with Crippen molar-refractivity contribution >= 4 is 28.4 Å². The zero-order valence-electron chi connectivity index (χ0n) is 14.2. The van der Waals surface area contributed by atoms with Crippen LogP contribution < -0.4 is 0 Å². The number of fused-ring (bicyclic) bond motifs is 5. The van der Waals surface area contributed by atoms with Gasteiger partial charge >= 0.3 is 0 Å². The molecule has 4 aliphatic rings. The fraction of sp³-hybridized carbons (Fsp3) is 0.850. The lowest BCUT2D eigenvalue weighted by Gasteiger charge is -2.56. The predicted molar refractivity (Wildman–Crippen MR) is 99.1 cm³/mol. The topological polar surface area (TPSA) is 17.1 Å². The lowest BCUT2D eigenvalue weighted by molar-refractivity contribution is -0.131. The van der Waals surface area contributed by atoms with Gasteiger partial charge < -0.3 is 0 Å². The number of alkyl halides is 1. The van der Waals surface area contributed by atoms with Crippen LogP contribution in [0.1, 0.15) is 65.7 Å². The Morgan fingerprint density at radius 1 is 1.14 bits per heavy atom. The molecule has 0 unspecified atom stereocenters. The molecule has 0 aromatic heterocycles. The second kappa shape index (κ2) is 5.07. The molecular weight excluding hydrogens is 383 g/mol. The fourth-order valence-corrected chi connectivity index (χ4v) is 7.85. The van der Waals surface area contributed by atoms with E-state index in [1.165, 1.54) is 32.1 Å². The summed E-state index contributed by atoms with van der Waals surface area (Å²) < 4.78 is 0.274. The highest BCUT2D eigenvalue weighted by atomic mass is 127. The number of carbonyl (C=O) groups excluding carboxylic acids is 1. The van der Waals surface area contributed by atoms with E-state index in [1.807, 2.05) is 0 Å². The first-order valence-electron chi connectivity index (χ1n) is 9.24. The summed E-state index contributed by atoms with van der Waals surface area (Å²) >= 11 is 2.41. The minimum Gasteiger partial charge on any atom is -0.298 e. The number of rotatable bonds is 0. The van der Waals surface area contributed by atoms with Gasteiger partial charge in [0.15, 0.2) is 5.78 Å². The Labute approximate surface area is 148 Å². The summed E-state index contributed by atoms with van der Waals surface area (Å²) in [6, 6.07) is 0. The molecule has 0 radical (unpaired) electrons. The maximum Gasteiger partial charge on any atom is 0.151 e. The molecule has 0 saturated heterocycles. The summed E-state index contributed by atoms with van der Waals surface area (Å²) in [6.45, 7) is 7.27. The summed E-state index contributed by atoms with van der Waals surface area (Å²) in [4.78, 5) is 12.7. The minimum atomic E-state index is -0.00329. The van der Waals surface area contributed by atoms with Crippen LogP contribution in [-0.2, 0) is 4.79 Å². The molecule has 0 amide bonds. The Morgan fingerprint density at radius 3 is 2.64 bits per heavy atom. The Hall–Kier alpha value is 0.140.